The predicted molar refractivity (Wildman–Crippen MR) is 66.6 cm³/mol. The van der Waals surface area contributed by atoms with Gasteiger partial charge in [-0.15, -0.1) is 0 Å². The Balaban J connectivity index is 2.27. The van der Waals surface area contributed by atoms with Gasteiger partial charge in [0.1, 0.15) is 0 Å². The molecule has 1 fully saturated rings. The summed E-state index contributed by atoms with van der Waals surface area (Å²) >= 11 is 0. The lowest BCUT2D eigenvalue weighted by Crippen LogP contribution is -2.43. The molecule has 1 aliphatic rings. The van der Waals surface area contributed by atoms with Crippen molar-refractivity contribution >= 4 is 17.9 Å². The first-order valence-corrected chi connectivity index (χ1v) is 6.33. The van der Waals surface area contributed by atoms with Crippen molar-refractivity contribution in [3.63, 3.8) is 0 Å². The fourth-order valence-corrected chi connectivity index (χ4v) is 1.92. The smallest absolute Gasteiger partial charge is 0.323 e. The molecule has 0 bridgehead atoms. The van der Waals surface area contributed by atoms with Crippen molar-refractivity contribution < 1.29 is 24.2 Å². The first kappa shape index (κ1) is 15.4. The SMILES string of the molecule is CN(CC1CCCOC1)C(=O)NC(=O)CCC(=O)O. The van der Waals surface area contributed by atoms with Crippen molar-refractivity contribution in [2.24, 2.45) is 5.92 Å². The van der Waals surface area contributed by atoms with E-state index in [0.717, 1.165) is 19.4 Å². The van der Waals surface area contributed by atoms with Gasteiger partial charge in [0.2, 0.25) is 5.91 Å². The van der Waals surface area contributed by atoms with Crippen LogP contribution in [0.2, 0.25) is 0 Å². The average Bonchev–Trinajstić information content (AvgIpc) is 2.37. The topological polar surface area (TPSA) is 95.9 Å². The van der Waals surface area contributed by atoms with Gasteiger partial charge in [0.15, 0.2) is 0 Å². The Bertz CT molecular complexity index is 339. The molecular weight excluding hydrogens is 252 g/mol. The van der Waals surface area contributed by atoms with Gasteiger partial charge in [-0.1, -0.05) is 0 Å². The molecule has 7 heteroatoms. The van der Waals surface area contributed by atoms with E-state index in [-0.39, 0.29) is 12.8 Å². The Kier molecular flexibility index (Phi) is 6.27. The Morgan fingerprint density at radius 1 is 1.37 bits per heavy atom. The zero-order chi connectivity index (χ0) is 14.3. The number of ether oxygens (including phenoxy) is 1. The van der Waals surface area contributed by atoms with Crippen LogP contribution in [0.3, 0.4) is 0 Å². The lowest BCUT2D eigenvalue weighted by atomic mass is 10.0. The molecule has 1 saturated heterocycles. The normalized spacial score (nSPS) is 18.7. The summed E-state index contributed by atoms with van der Waals surface area (Å²) in [4.78, 5) is 34.7. The second kappa shape index (κ2) is 7.73. The van der Waals surface area contributed by atoms with Crippen LogP contribution >= 0.6 is 0 Å². The quantitative estimate of drug-likeness (QED) is 0.757. The maximum absolute atomic E-state index is 11.7. The summed E-state index contributed by atoms with van der Waals surface area (Å²) in [6, 6.07) is -0.499. The average molecular weight is 272 g/mol. The zero-order valence-electron chi connectivity index (χ0n) is 11.1. The van der Waals surface area contributed by atoms with Gasteiger partial charge < -0.3 is 14.7 Å². The molecule has 1 atom stereocenters. The lowest BCUT2D eigenvalue weighted by Gasteiger charge is -2.27. The van der Waals surface area contributed by atoms with E-state index in [9.17, 15) is 14.4 Å². The number of carboxylic acids is 1. The summed E-state index contributed by atoms with van der Waals surface area (Å²) in [5, 5.41) is 10.6. The lowest BCUT2D eigenvalue weighted by molar-refractivity contribution is -0.138. The number of carbonyl (C=O) groups is 3. The fraction of sp³-hybridized carbons (Fsp3) is 0.750. The van der Waals surface area contributed by atoms with E-state index in [1.807, 2.05) is 0 Å². The van der Waals surface area contributed by atoms with Crippen LogP contribution < -0.4 is 5.32 Å². The number of hydrogen-bond acceptors (Lipinski definition) is 4. The van der Waals surface area contributed by atoms with E-state index in [1.54, 1.807) is 7.05 Å². The Morgan fingerprint density at radius 2 is 2.11 bits per heavy atom. The van der Waals surface area contributed by atoms with Crippen LogP contribution in [0.25, 0.3) is 0 Å². The number of carbonyl (C=O) groups excluding carboxylic acids is 2. The number of imide groups is 1. The number of nitrogens with one attached hydrogen (secondary N) is 1. The standard InChI is InChI=1S/C12H20N2O5/c1-14(7-9-3-2-6-19-8-9)12(18)13-10(15)4-5-11(16)17/h9H,2-8H2,1H3,(H,16,17)(H,13,15,18). The highest BCUT2D eigenvalue weighted by molar-refractivity contribution is 5.95. The van der Waals surface area contributed by atoms with Crippen LogP contribution in [0.4, 0.5) is 4.79 Å². The summed E-state index contributed by atoms with van der Waals surface area (Å²) in [7, 11) is 1.61. The van der Waals surface area contributed by atoms with Crippen molar-refractivity contribution in [2.75, 3.05) is 26.8 Å². The summed E-state index contributed by atoms with van der Waals surface area (Å²) in [6.07, 6.45) is 1.52. The number of carboxylic acid groups (broad SMARTS) is 1. The van der Waals surface area contributed by atoms with Crippen molar-refractivity contribution in [3.8, 4) is 0 Å². The Hall–Kier alpha value is -1.63. The molecule has 1 heterocycles. The molecule has 3 amide bonds. The second-order valence-electron chi connectivity index (χ2n) is 4.71. The summed E-state index contributed by atoms with van der Waals surface area (Å²) in [6.45, 7) is 1.92. The van der Waals surface area contributed by atoms with E-state index < -0.39 is 17.9 Å². The first-order valence-electron chi connectivity index (χ1n) is 6.33. The van der Waals surface area contributed by atoms with Crippen molar-refractivity contribution in [1.29, 1.82) is 0 Å². The molecular formula is C12H20N2O5. The maximum atomic E-state index is 11.7. The van der Waals surface area contributed by atoms with Crippen LogP contribution in [0.1, 0.15) is 25.7 Å². The molecule has 0 radical (unpaired) electrons. The number of rotatable bonds is 5. The molecule has 1 aliphatic heterocycles. The van der Waals surface area contributed by atoms with Gasteiger partial charge in [0, 0.05) is 32.5 Å². The Morgan fingerprint density at radius 3 is 2.68 bits per heavy atom. The van der Waals surface area contributed by atoms with E-state index >= 15 is 0 Å². The van der Waals surface area contributed by atoms with Crippen LogP contribution in [0, 0.1) is 5.92 Å². The molecule has 2 N–H and O–H groups in total. The van der Waals surface area contributed by atoms with Gasteiger partial charge in [-0.25, -0.2) is 4.79 Å². The van der Waals surface area contributed by atoms with Gasteiger partial charge in [-0.05, 0) is 12.8 Å². The molecule has 7 nitrogen and oxygen atoms in total. The minimum Gasteiger partial charge on any atom is -0.481 e. The van der Waals surface area contributed by atoms with E-state index in [0.29, 0.717) is 19.1 Å². The molecule has 0 aromatic carbocycles. The van der Waals surface area contributed by atoms with E-state index in [4.69, 9.17) is 9.84 Å². The molecule has 0 spiro atoms. The van der Waals surface area contributed by atoms with Gasteiger partial charge in [-0.2, -0.15) is 0 Å². The third-order valence-corrected chi connectivity index (χ3v) is 2.95. The van der Waals surface area contributed by atoms with Gasteiger partial charge in [0.25, 0.3) is 0 Å². The second-order valence-corrected chi connectivity index (χ2v) is 4.71. The number of hydrogen-bond donors (Lipinski definition) is 2. The molecule has 1 unspecified atom stereocenters. The number of aliphatic carboxylic acids is 1. The number of nitrogens with zero attached hydrogens (tertiary/aromatic N) is 1. The molecule has 0 aliphatic carbocycles. The molecule has 19 heavy (non-hydrogen) atoms. The summed E-state index contributed by atoms with van der Waals surface area (Å²) < 4.78 is 5.32. The highest BCUT2D eigenvalue weighted by atomic mass is 16.5. The molecule has 0 saturated carbocycles. The van der Waals surface area contributed by atoms with Crippen molar-refractivity contribution in [1.82, 2.24) is 10.2 Å². The monoisotopic (exact) mass is 272 g/mol. The zero-order valence-corrected chi connectivity index (χ0v) is 11.1. The van der Waals surface area contributed by atoms with E-state index in [2.05, 4.69) is 5.32 Å². The molecule has 1 rings (SSSR count). The van der Waals surface area contributed by atoms with Gasteiger partial charge in [-0.3, -0.25) is 14.9 Å². The van der Waals surface area contributed by atoms with Crippen LogP contribution in [0.15, 0.2) is 0 Å². The highest BCUT2D eigenvalue weighted by Gasteiger charge is 2.19. The molecule has 0 aromatic rings. The predicted octanol–water partition coefficient (Wildman–Crippen LogP) is 0.446. The minimum atomic E-state index is -1.06. The summed E-state index contributed by atoms with van der Waals surface area (Å²) in [5.41, 5.74) is 0. The van der Waals surface area contributed by atoms with E-state index in [1.165, 1.54) is 4.90 Å². The Labute approximate surface area is 111 Å². The molecule has 108 valence electrons. The number of urea groups is 1. The molecule has 0 aromatic heterocycles. The van der Waals surface area contributed by atoms with Crippen molar-refractivity contribution in [3.05, 3.63) is 0 Å². The highest BCUT2D eigenvalue weighted by Crippen LogP contribution is 2.14. The van der Waals surface area contributed by atoms with Crippen LogP contribution in [-0.2, 0) is 14.3 Å². The third-order valence-electron chi connectivity index (χ3n) is 2.95. The van der Waals surface area contributed by atoms with Crippen molar-refractivity contribution in [2.45, 2.75) is 25.7 Å². The van der Waals surface area contributed by atoms with Gasteiger partial charge in [0.05, 0.1) is 13.0 Å². The largest absolute Gasteiger partial charge is 0.481 e. The first-order chi connectivity index (χ1) is 8.99. The fourth-order valence-electron chi connectivity index (χ4n) is 1.92. The van der Waals surface area contributed by atoms with Gasteiger partial charge >= 0.3 is 12.0 Å². The van der Waals surface area contributed by atoms with Crippen LogP contribution in [-0.4, -0.2) is 54.7 Å². The number of amides is 3. The van der Waals surface area contributed by atoms with Crippen LogP contribution in [0.5, 0.6) is 0 Å². The summed E-state index contributed by atoms with van der Waals surface area (Å²) in [5.74, 6) is -1.34. The maximum Gasteiger partial charge on any atom is 0.323 e. The third kappa shape index (κ3) is 6.19. The minimum absolute atomic E-state index is 0.193.